The Morgan fingerprint density at radius 3 is 2.84 bits per heavy atom. The summed E-state index contributed by atoms with van der Waals surface area (Å²) in [4.78, 5) is 27.1. The molecule has 0 radical (unpaired) electrons. The molecule has 0 spiro atoms. The van der Waals surface area contributed by atoms with Gasteiger partial charge in [-0.2, -0.15) is 0 Å². The van der Waals surface area contributed by atoms with Crippen LogP contribution in [0.3, 0.4) is 0 Å². The van der Waals surface area contributed by atoms with Gasteiger partial charge in [0.05, 0.1) is 13.1 Å². The molecule has 1 heterocycles. The molecule has 3 N–H and O–H groups in total. The minimum Gasteiger partial charge on any atom is -0.355 e. The van der Waals surface area contributed by atoms with E-state index in [9.17, 15) is 9.59 Å². The lowest BCUT2D eigenvalue weighted by molar-refractivity contribution is -0.135. The van der Waals surface area contributed by atoms with Gasteiger partial charge in [0.2, 0.25) is 11.8 Å². The van der Waals surface area contributed by atoms with Crippen molar-refractivity contribution >= 4 is 11.8 Å². The van der Waals surface area contributed by atoms with E-state index in [1.165, 1.54) is 4.90 Å². The molecular weight excluding hydrogens is 244 g/mol. The molecule has 0 bridgehead atoms. The number of nitrogens with two attached hydrogens (primary N) is 1. The van der Waals surface area contributed by atoms with Gasteiger partial charge < -0.3 is 16.0 Å². The van der Waals surface area contributed by atoms with Gasteiger partial charge in [-0.3, -0.25) is 14.5 Å². The number of likely N-dealkylation sites (tertiary alicyclic amines) is 1. The summed E-state index contributed by atoms with van der Waals surface area (Å²) in [5, 5.41) is 2.76. The number of hydrogen-bond acceptors (Lipinski definition) is 4. The normalized spacial score (nSPS) is 20.1. The maximum absolute atomic E-state index is 12.0. The summed E-state index contributed by atoms with van der Waals surface area (Å²) in [7, 11) is 1.66. The maximum Gasteiger partial charge on any atom is 0.239 e. The molecule has 0 unspecified atom stereocenters. The highest BCUT2D eigenvalue weighted by molar-refractivity contribution is 5.85. The van der Waals surface area contributed by atoms with E-state index < -0.39 is 0 Å². The summed E-state index contributed by atoms with van der Waals surface area (Å²) >= 11 is 0. The molecular formula is C13H26N4O2. The zero-order valence-electron chi connectivity index (χ0n) is 12.0. The van der Waals surface area contributed by atoms with Gasteiger partial charge >= 0.3 is 0 Å². The van der Waals surface area contributed by atoms with Crippen molar-refractivity contribution in [1.82, 2.24) is 15.1 Å². The summed E-state index contributed by atoms with van der Waals surface area (Å²) in [6.07, 6.45) is 2.96. The van der Waals surface area contributed by atoms with Crippen LogP contribution in [0, 0.1) is 0 Å². The number of carbonyl (C=O) groups excluding carboxylic acids is 2. The first-order valence-corrected chi connectivity index (χ1v) is 7.01. The average Bonchev–Trinajstić information content (AvgIpc) is 2.36. The Kier molecular flexibility index (Phi) is 6.80. The van der Waals surface area contributed by atoms with Gasteiger partial charge in [0, 0.05) is 26.2 Å². The fourth-order valence-corrected chi connectivity index (χ4v) is 2.17. The molecule has 6 heteroatoms. The Morgan fingerprint density at radius 1 is 1.47 bits per heavy atom. The van der Waals surface area contributed by atoms with Gasteiger partial charge in [-0.1, -0.05) is 6.92 Å². The molecule has 1 aliphatic heterocycles. The SMILES string of the molecule is CCCNC(=O)CN(C)C(=O)CN1CCC[C@@H](N)C1. The minimum atomic E-state index is -0.104. The molecule has 2 amide bonds. The lowest BCUT2D eigenvalue weighted by Crippen LogP contribution is -2.48. The van der Waals surface area contributed by atoms with E-state index in [1.807, 2.05) is 6.92 Å². The van der Waals surface area contributed by atoms with Crippen molar-refractivity contribution in [3.8, 4) is 0 Å². The molecule has 1 atom stereocenters. The highest BCUT2D eigenvalue weighted by Gasteiger charge is 2.21. The van der Waals surface area contributed by atoms with Gasteiger partial charge in [-0.25, -0.2) is 0 Å². The number of likely N-dealkylation sites (N-methyl/N-ethyl adjacent to an activating group) is 1. The fourth-order valence-electron chi connectivity index (χ4n) is 2.17. The van der Waals surface area contributed by atoms with Crippen LogP contribution in [-0.4, -0.2) is 67.4 Å². The van der Waals surface area contributed by atoms with Crippen molar-refractivity contribution in [2.75, 3.05) is 39.8 Å². The number of nitrogens with one attached hydrogen (secondary N) is 1. The monoisotopic (exact) mass is 270 g/mol. The van der Waals surface area contributed by atoms with Gasteiger partial charge in [0.1, 0.15) is 0 Å². The third kappa shape index (κ3) is 6.02. The van der Waals surface area contributed by atoms with E-state index in [2.05, 4.69) is 10.2 Å². The van der Waals surface area contributed by atoms with Crippen molar-refractivity contribution in [3.63, 3.8) is 0 Å². The molecule has 0 aromatic rings. The van der Waals surface area contributed by atoms with E-state index in [4.69, 9.17) is 5.73 Å². The second-order valence-electron chi connectivity index (χ2n) is 5.24. The second-order valence-corrected chi connectivity index (χ2v) is 5.24. The van der Waals surface area contributed by atoms with Gasteiger partial charge in [-0.05, 0) is 25.8 Å². The quantitative estimate of drug-likeness (QED) is 0.675. The third-order valence-corrected chi connectivity index (χ3v) is 3.28. The maximum atomic E-state index is 12.0. The topological polar surface area (TPSA) is 78.7 Å². The molecule has 0 aromatic heterocycles. The second kappa shape index (κ2) is 8.12. The van der Waals surface area contributed by atoms with Crippen molar-refractivity contribution in [1.29, 1.82) is 0 Å². The molecule has 1 rings (SSSR count). The summed E-state index contributed by atoms with van der Waals surface area (Å²) in [6.45, 7) is 4.80. The van der Waals surface area contributed by atoms with Crippen molar-refractivity contribution in [2.24, 2.45) is 5.73 Å². The number of nitrogens with zero attached hydrogens (tertiary/aromatic N) is 2. The first kappa shape index (κ1) is 15.9. The largest absolute Gasteiger partial charge is 0.355 e. The summed E-state index contributed by atoms with van der Waals surface area (Å²) < 4.78 is 0. The van der Waals surface area contributed by atoms with Crippen LogP contribution in [0.25, 0.3) is 0 Å². The van der Waals surface area contributed by atoms with Crippen LogP contribution >= 0.6 is 0 Å². The summed E-state index contributed by atoms with van der Waals surface area (Å²) in [5.74, 6) is -0.131. The Bertz CT molecular complexity index is 309. The molecule has 0 aliphatic carbocycles. The molecule has 1 fully saturated rings. The summed E-state index contributed by atoms with van der Waals surface area (Å²) in [5.41, 5.74) is 5.88. The highest BCUT2D eigenvalue weighted by Crippen LogP contribution is 2.07. The highest BCUT2D eigenvalue weighted by atomic mass is 16.2. The molecule has 1 saturated heterocycles. The number of carbonyl (C=O) groups is 2. The van der Waals surface area contributed by atoms with Crippen molar-refractivity contribution in [3.05, 3.63) is 0 Å². The number of rotatable bonds is 6. The van der Waals surface area contributed by atoms with E-state index in [0.717, 1.165) is 32.4 Å². The van der Waals surface area contributed by atoms with E-state index in [-0.39, 0.29) is 24.4 Å². The minimum absolute atomic E-state index is 0.0271. The zero-order valence-corrected chi connectivity index (χ0v) is 12.0. The lowest BCUT2D eigenvalue weighted by Gasteiger charge is -2.31. The van der Waals surface area contributed by atoms with Crippen molar-refractivity contribution < 1.29 is 9.59 Å². The number of piperidine rings is 1. The standard InChI is InChI=1S/C13H26N4O2/c1-3-6-15-12(18)9-16(2)13(19)10-17-7-4-5-11(14)8-17/h11H,3-10,14H2,1-2H3,(H,15,18)/t11-/m1/s1. The Morgan fingerprint density at radius 2 is 2.21 bits per heavy atom. The van der Waals surface area contributed by atoms with Gasteiger partial charge in [-0.15, -0.1) is 0 Å². The summed E-state index contributed by atoms with van der Waals surface area (Å²) in [6, 6.07) is 0.166. The zero-order chi connectivity index (χ0) is 14.3. The number of amides is 2. The van der Waals surface area contributed by atoms with Gasteiger partial charge in [0.15, 0.2) is 0 Å². The molecule has 1 aliphatic rings. The average molecular weight is 270 g/mol. The Balaban J connectivity index is 2.29. The van der Waals surface area contributed by atoms with E-state index in [1.54, 1.807) is 7.05 Å². The van der Waals surface area contributed by atoms with Gasteiger partial charge in [0.25, 0.3) is 0 Å². The molecule has 0 aromatic carbocycles. The van der Waals surface area contributed by atoms with E-state index in [0.29, 0.717) is 13.1 Å². The smallest absolute Gasteiger partial charge is 0.239 e. The van der Waals surface area contributed by atoms with Crippen LogP contribution in [0.15, 0.2) is 0 Å². The van der Waals surface area contributed by atoms with Crippen LogP contribution in [0.4, 0.5) is 0 Å². The van der Waals surface area contributed by atoms with Crippen LogP contribution in [0.1, 0.15) is 26.2 Å². The van der Waals surface area contributed by atoms with Crippen LogP contribution in [0.5, 0.6) is 0 Å². The lowest BCUT2D eigenvalue weighted by atomic mass is 10.1. The van der Waals surface area contributed by atoms with Crippen LogP contribution < -0.4 is 11.1 Å². The van der Waals surface area contributed by atoms with Crippen LogP contribution in [0.2, 0.25) is 0 Å². The molecule has 0 saturated carbocycles. The first-order chi connectivity index (χ1) is 9.02. The van der Waals surface area contributed by atoms with E-state index >= 15 is 0 Å². The predicted octanol–water partition coefficient (Wildman–Crippen LogP) is -0.606. The van der Waals surface area contributed by atoms with Crippen LogP contribution in [-0.2, 0) is 9.59 Å². The third-order valence-electron chi connectivity index (χ3n) is 3.28. The Labute approximate surface area is 115 Å². The predicted molar refractivity (Wildman–Crippen MR) is 74.6 cm³/mol. The first-order valence-electron chi connectivity index (χ1n) is 7.01. The molecule has 6 nitrogen and oxygen atoms in total. The fraction of sp³-hybridized carbons (Fsp3) is 0.846. The Hall–Kier alpha value is -1.14. The molecule has 110 valence electrons. The van der Waals surface area contributed by atoms with Crippen molar-refractivity contribution in [2.45, 2.75) is 32.2 Å². The number of hydrogen-bond donors (Lipinski definition) is 2. The molecule has 19 heavy (non-hydrogen) atoms.